The summed E-state index contributed by atoms with van der Waals surface area (Å²) in [4.78, 5) is 21.5. The van der Waals surface area contributed by atoms with Crippen LogP contribution in [-0.2, 0) is 18.9 Å². The summed E-state index contributed by atoms with van der Waals surface area (Å²) in [5.41, 5.74) is -3.37. The molecule has 0 fully saturated rings. The number of anilines is 1. The summed E-state index contributed by atoms with van der Waals surface area (Å²) in [6.07, 6.45) is -7.66. The van der Waals surface area contributed by atoms with Crippen LogP contribution in [0.5, 0.6) is 0 Å². The molecule has 3 aromatic rings. The molecule has 0 saturated heterocycles. The lowest BCUT2D eigenvalue weighted by atomic mass is 10.0. The number of carbonyl (C=O) groups is 1. The van der Waals surface area contributed by atoms with Gasteiger partial charge in [0.2, 0.25) is 0 Å². The zero-order valence-electron chi connectivity index (χ0n) is 19.6. The molecule has 1 amide bonds. The molecule has 2 N–H and O–H groups in total. The molecule has 1 aromatic carbocycles. The Morgan fingerprint density at radius 3 is 2.22 bits per heavy atom. The van der Waals surface area contributed by atoms with E-state index >= 15 is 0 Å². The number of amides is 1. The van der Waals surface area contributed by atoms with Gasteiger partial charge >= 0.3 is 12.4 Å². The van der Waals surface area contributed by atoms with Crippen molar-refractivity contribution < 1.29 is 31.1 Å². The normalized spacial score (nSPS) is 12.4. The molecule has 2 aromatic heterocycles. The van der Waals surface area contributed by atoms with Crippen LogP contribution < -0.4 is 10.6 Å². The molecule has 0 atom stereocenters. The van der Waals surface area contributed by atoms with Crippen LogP contribution in [-0.4, -0.2) is 44.0 Å². The summed E-state index contributed by atoms with van der Waals surface area (Å²) >= 11 is 1.45. The number of carbonyl (C=O) groups excluding carboxylic acids is 1. The Bertz CT molecular complexity index is 1190. The lowest BCUT2D eigenvalue weighted by Crippen LogP contribution is -2.28. The largest absolute Gasteiger partial charge is 0.416 e. The van der Waals surface area contributed by atoms with Crippen molar-refractivity contribution in [2.45, 2.75) is 56.5 Å². The summed E-state index contributed by atoms with van der Waals surface area (Å²) in [5, 5.41) is 11.2. The van der Waals surface area contributed by atoms with Gasteiger partial charge in [-0.2, -0.15) is 31.4 Å². The van der Waals surface area contributed by atoms with Crippen LogP contribution >= 0.6 is 11.8 Å². The van der Waals surface area contributed by atoms with Crippen molar-refractivity contribution in [1.82, 2.24) is 25.1 Å². The van der Waals surface area contributed by atoms with E-state index in [1.54, 1.807) is 6.20 Å². The van der Waals surface area contributed by atoms with Crippen LogP contribution in [0.15, 0.2) is 29.6 Å². The molecule has 0 saturated carbocycles. The Morgan fingerprint density at radius 1 is 1.03 bits per heavy atom. The molecule has 0 bridgehead atoms. The van der Waals surface area contributed by atoms with Gasteiger partial charge in [0.25, 0.3) is 5.91 Å². The molecule has 0 unspecified atom stereocenters. The SMILES string of the molecule is CCCNc1nc(SC(C)C)nc2c1cnn2CCNC(=O)c1cc(C(F)(F)F)cc(C(F)(F)F)c1. The highest BCUT2D eigenvalue weighted by Gasteiger charge is 2.37. The second-order valence-electron chi connectivity index (χ2n) is 8.10. The molecule has 0 radical (unpaired) electrons. The number of alkyl halides is 6. The number of fused-ring (bicyclic) bond motifs is 1. The minimum Gasteiger partial charge on any atom is -0.369 e. The van der Waals surface area contributed by atoms with Gasteiger partial charge in [-0.25, -0.2) is 14.6 Å². The van der Waals surface area contributed by atoms with Gasteiger partial charge in [-0.05, 0) is 24.6 Å². The second kappa shape index (κ2) is 10.9. The van der Waals surface area contributed by atoms with Gasteiger partial charge in [0.1, 0.15) is 5.82 Å². The van der Waals surface area contributed by atoms with E-state index in [2.05, 4.69) is 25.7 Å². The average Bonchev–Trinajstić information content (AvgIpc) is 3.18. The summed E-state index contributed by atoms with van der Waals surface area (Å²) in [7, 11) is 0. The monoisotopic (exact) mass is 534 g/mol. The Labute approximate surface area is 207 Å². The molecule has 0 aliphatic heterocycles. The first-order valence-corrected chi connectivity index (χ1v) is 11.9. The standard InChI is InChI=1S/C22H24F6N6OS/c1-4-5-29-17-16-11-31-34(18(16)33-20(32-17)36-12(2)3)7-6-30-19(35)13-8-14(21(23,24)25)10-15(9-13)22(26,27)28/h8-12H,4-7H2,1-3H3,(H,30,35)(H,29,32,33). The fourth-order valence-electron chi connectivity index (χ4n) is 3.20. The minimum absolute atomic E-state index is 0.0245. The Kier molecular flexibility index (Phi) is 8.37. The van der Waals surface area contributed by atoms with Crippen LogP contribution in [0.25, 0.3) is 11.0 Å². The number of hydrogen-bond donors (Lipinski definition) is 2. The van der Waals surface area contributed by atoms with Gasteiger partial charge in [0.15, 0.2) is 10.8 Å². The number of halogens is 6. The van der Waals surface area contributed by atoms with E-state index in [4.69, 9.17) is 0 Å². The van der Waals surface area contributed by atoms with Crippen LogP contribution in [0.4, 0.5) is 32.2 Å². The topological polar surface area (TPSA) is 84.7 Å². The van der Waals surface area contributed by atoms with Gasteiger partial charge in [-0.15, -0.1) is 0 Å². The number of thioether (sulfide) groups is 1. The zero-order chi connectivity index (χ0) is 26.7. The van der Waals surface area contributed by atoms with E-state index < -0.39 is 35.0 Å². The molecule has 3 rings (SSSR count). The van der Waals surface area contributed by atoms with Crippen LogP contribution in [0.3, 0.4) is 0 Å². The maximum atomic E-state index is 13.1. The van der Waals surface area contributed by atoms with Gasteiger partial charge in [0, 0.05) is 23.9 Å². The van der Waals surface area contributed by atoms with E-state index in [-0.39, 0.29) is 24.4 Å². The Balaban J connectivity index is 1.81. The lowest BCUT2D eigenvalue weighted by molar-refractivity contribution is -0.143. The van der Waals surface area contributed by atoms with Crippen LogP contribution in [0, 0.1) is 0 Å². The fourth-order valence-corrected chi connectivity index (χ4v) is 3.91. The predicted octanol–water partition coefficient (Wildman–Crippen LogP) is 5.62. The van der Waals surface area contributed by atoms with Gasteiger partial charge < -0.3 is 10.6 Å². The quantitative estimate of drug-likeness (QED) is 0.211. The van der Waals surface area contributed by atoms with Crippen molar-refractivity contribution in [2.75, 3.05) is 18.4 Å². The van der Waals surface area contributed by atoms with Crippen molar-refractivity contribution in [1.29, 1.82) is 0 Å². The summed E-state index contributed by atoms with van der Waals surface area (Å²) in [6.45, 7) is 6.63. The molecule has 14 heteroatoms. The number of nitrogens with zero attached hydrogens (tertiary/aromatic N) is 4. The van der Waals surface area contributed by atoms with Crippen LogP contribution in [0.2, 0.25) is 0 Å². The van der Waals surface area contributed by atoms with Crippen molar-refractivity contribution in [3.63, 3.8) is 0 Å². The summed E-state index contributed by atoms with van der Waals surface area (Å²) < 4.78 is 80.0. The predicted molar refractivity (Wildman–Crippen MR) is 124 cm³/mol. The number of aromatic nitrogens is 4. The molecular formula is C22H24F6N6OS. The fraction of sp³-hybridized carbons (Fsp3) is 0.455. The lowest BCUT2D eigenvalue weighted by Gasteiger charge is -2.14. The molecule has 36 heavy (non-hydrogen) atoms. The van der Waals surface area contributed by atoms with E-state index in [1.165, 1.54) is 16.4 Å². The zero-order valence-corrected chi connectivity index (χ0v) is 20.4. The third-order valence-electron chi connectivity index (χ3n) is 4.82. The first-order chi connectivity index (χ1) is 16.8. The second-order valence-corrected chi connectivity index (χ2v) is 9.65. The third-order valence-corrected chi connectivity index (χ3v) is 5.68. The van der Waals surface area contributed by atoms with E-state index in [0.717, 1.165) is 6.42 Å². The van der Waals surface area contributed by atoms with Gasteiger partial charge in [0.05, 0.1) is 29.3 Å². The first kappa shape index (κ1) is 27.6. The Hall–Kier alpha value is -3.03. The first-order valence-electron chi connectivity index (χ1n) is 11.0. The van der Waals surface area contributed by atoms with Crippen LogP contribution in [0.1, 0.15) is 48.7 Å². The molecule has 7 nitrogen and oxygen atoms in total. The molecule has 0 aliphatic rings. The average molecular weight is 535 g/mol. The van der Waals surface area contributed by atoms with E-state index in [0.29, 0.717) is 40.7 Å². The highest BCUT2D eigenvalue weighted by atomic mass is 32.2. The number of hydrogen-bond acceptors (Lipinski definition) is 6. The molecular weight excluding hydrogens is 510 g/mol. The third kappa shape index (κ3) is 6.80. The number of benzene rings is 1. The minimum atomic E-state index is -5.04. The van der Waals surface area contributed by atoms with E-state index in [9.17, 15) is 31.1 Å². The van der Waals surface area contributed by atoms with Crippen molar-refractivity contribution in [3.8, 4) is 0 Å². The van der Waals surface area contributed by atoms with Crippen molar-refractivity contribution in [3.05, 3.63) is 41.1 Å². The molecule has 0 spiro atoms. The summed E-state index contributed by atoms with van der Waals surface area (Å²) in [6, 6.07) is 0.758. The highest BCUT2D eigenvalue weighted by molar-refractivity contribution is 7.99. The van der Waals surface area contributed by atoms with E-state index in [1.807, 2.05) is 20.8 Å². The Morgan fingerprint density at radius 2 is 1.67 bits per heavy atom. The van der Waals surface area contributed by atoms with Crippen molar-refractivity contribution in [2.24, 2.45) is 0 Å². The van der Waals surface area contributed by atoms with Gasteiger partial charge in [-0.3, -0.25) is 4.79 Å². The molecule has 0 aliphatic carbocycles. The molecule has 2 heterocycles. The summed E-state index contributed by atoms with van der Waals surface area (Å²) in [5.74, 6) is -0.469. The number of rotatable bonds is 9. The smallest absolute Gasteiger partial charge is 0.369 e. The number of nitrogens with one attached hydrogen (secondary N) is 2. The maximum Gasteiger partial charge on any atom is 0.416 e. The van der Waals surface area contributed by atoms with Crippen molar-refractivity contribution >= 4 is 34.5 Å². The highest BCUT2D eigenvalue weighted by Crippen LogP contribution is 2.36. The van der Waals surface area contributed by atoms with Gasteiger partial charge in [-0.1, -0.05) is 32.5 Å². The maximum absolute atomic E-state index is 13.1. The molecule has 196 valence electrons.